The first-order chi connectivity index (χ1) is 10.5. The highest BCUT2D eigenvalue weighted by atomic mass is 16.4. The lowest BCUT2D eigenvalue weighted by molar-refractivity contribution is -0.268. The molecule has 1 aromatic carbocycles. The summed E-state index contributed by atoms with van der Waals surface area (Å²) in [6.45, 7) is 0. The Balaban J connectivity index is 1.76. The summed E-state index contributed by atoms with van der Waals surface area (Å²) < 4.78 is 0. The number of allylic oxidation sites excluding steroid dienone is 2. The summed E-state index contributed by atoms with van der Waals surface area (Å²) in [7, 11) is 0. The Hall–Kier alpha value is -2.63. The van der Waals surface area contributed by atoms with E-state index in [9.17, 15) is 19.5 Å². The number of nitrogens with zero attached hydrogens (tertiary/aromatic N) is 1. The van der Waals surface area contributed by atoms with E-state index in [4.69, 9.17) is 5.11 Å². The van der Waals surface area contributed by atoms with Crippen LogP contribution in [0.2, 0.25) is 0 Å². The Bertz CT molecular complexity index is 723. The van der Waals surface area contributed by atoms with Crippen molar-refractivity contribution in [3.8, 4) is 5.75 Å². The molecule has 1 saturated carbocycles. The Morgan fingerprint density at radius 1 is 1.14 bits per heavy atom. The maximum atomic E-state index is 12.6. The van der Waals surface area contributed by atoms with Gasteiger partial charge in [0.25, 0.3) is 0 Å². The zero-order valence-corrected chi connectivity index (χ0v) is 11.4. The smallest absolute Gasteiger partial charge is 0.335 e. The predicted octanol–water partition coefficient (Wildman–Crippen LogP) is 0.770. The Morgan fingerprint density at radius 3 is 2.27 bits per heavy atom. The molecular weight excluding hydrogens is 286 g/mol. The summed E-state index contributed by atoms with van der Waals surface area (Å²) in [6.07, 6.45) is 4.81. The van der Waals surface area contributed by atoms with E-state index in [1.54, 1.807) is 0 Å². The van der Waals surface area contributed by atoms with Gasteiger partial charge in [0, 0.05) is 0 Å². The van der Waals surface area contributed by atoms with Gasteiger partial charge in [0.15, 0.2) is 0 Å². The lowest BCUT2D eigenvalue weighted by atomic mass is 9.85. The number of fused-ring (bicyclic) bond motifs is 5. The van der Waals surface area contributed by atoms with Crippen molar-refractivity contribution in [2.75, 3.05) is 4.90 Å². The van der Waals surface area contributed by atoms with Crippen LogP contribution >= 0.6 is 0 Å². The van der Waals surface area contributed by atoms with E-state index < -0.39 is 17.3 Å². The molecule has 1 N–H and O–H groups in total. The van der Waals surface area contributed by atoms with E-state index in [1.165, 1.54) is 6.07 Å². The fraction of sp³-hybridized carbons (Fsp3) is 0.312. The van der Waals surface area contributed by atoms with E-state index in [0.29, 0.717) is 0 Å². The van der Waals surface area contributed by atoms with Crippen molar-refractivity contribution in [3.05, 3.63) is 35.9 Å². The predicted molar refractivity (Wildman–Crippen MR) is 73.1 cm³/mol. The topological polar surface area (TPSA) is 97.7 Å². The second kappa shape index (κ2) is 4.19. The fourth-order valence-corrected chi connectivity index (χ4v) is 3.98. The minimum absolute atomic E-state index is 0.0918. The third-order valence-corrected chi connectivity index (χ3v) is 4.92. The van der Waals surface area contributed by atoms with Gasteiger partial charge in [-0.2, -0.15) is 0 Å². The van der Waals surface area contributed by atoms with Gasteiger partial charge < -0.3 is 10.2 Å². The van der Waals surface area contributed by atoms with Crippen molar-refractivity contribution in [1.29, 1.82) is 0 Å². The Kier molecular flexibility index (Phi) is 2.49. The number of anilines is 1. The molecule has 112 valence electrons. The molecule has 0 aromatic heterocycles. The molecule has 0 radical (unpaired) electrons. The molecule has 6 nitrogen and oxygen atoms in total. The molecule has 2 bridgehead atoms. The molecule has 1 heterocycles. The zero-order valence-electron chi connectivity index (χ0n) is 11.4. The molecule has 2 fully saturated rings. The Labute approximate surface area is 125 Å². The number of hydrogen-bond donors (Lipinski definition) is 1. The van der Waals surface area contributed by atoms with Crippen molar-refractivity contribution in [1.82, 2.24) is 0 Å². The summed E-state index contributed by atoms with van der Waals surface area (Å²) in [5, 5.41) is 20.5. The SMILES string of the molecule is O=C(O)c1cc(N2C(=O)[C@@H]3[C@H](C2=O)[C@@H]2C=C[C@H]3C2)ccc1[O-]. The quantitative estimate of drug-likeness (QED) is 0.642. The number of carboxylic acids is 1. The highest BCUT2D eigenvalue weighted by Gasteiger charge is 2.59. The van der Waals surface area contributed by atoms with Gasteiger partial charge in [-0.1, -0.05) is 24.0 Å². The standard InChI is InChI=1S/C16H13NO5/c18-11-4-3-9(6-10(11)16(21)22)17-14(19)12-7-1-2-8(5-7)13(12)15(17)20/h1-4,6-8,12-13,18H,5H2,(H,21,22)/p-1/t7-,8+,12-,13+. The van der Waals surface area contributed by atoms with Crippen LogP contribution in [0.15, 0.2) is 30.4 Å². The normalized spacial score (nSPS) is 31.9. The first-order valence-corrected chi connectivity index (χ1v) is 7.09. The summed E-state index contributed by atoms with van der Waals surface area (Å²) in [4.78, 5) is 37.3. The molecule has 4 atom stereocenters. The molecule has 1 aromatic rings. The lowest BCUT2D eigenvalue weighted by Crippen LogP contribution is -2.33. The summed E-state index contributed by atoms with van der Waals surface area (Å²) in [5.74, 6) is -3.09. The molecule has 1 saturated heterocycles. The first-order valence-electron chi connectivity index (χ1n) is 7.09. The highest BCUT2D eigenvalue weighted by Crippen LogP contribution is 2.53. The summed E-state index contributed by atoms with van der Waals surface area (Å²) in [5.41, 5.74) is -0.267. The highest BCUT2D eigenvalue weighted by molar-refractivity contribution is 6.23. The van der Waals surface area contributed by atoms with E-state index in [0.717, 1.165) is 23.5 Å². The number of amides is 2. The van der Waals surface area contributed by atoms with E-state index in [1.807, 2.05) is 12.2 Å². The minimum atomic E-state index is -1.37. The van der Waals surface area contributed by atoms with Crippen molar-refractivity contribution >= 4 is 23.5 Å². The second-order valence-electron chi connectivity index (χ2n) is 6.00. The van der Waals surface area contributed by atoms with Crippen LogP contribution in [0, 0.1) is 23.7 Å². The van der Waals surface area contributed by atoms with Gasteiger partial charge >= 0.3 is 5.97 Å². The largest absolute Gasteiger partial charge is 0.872 e. The third kappa shape index (κ3) is 1.52. The van der Waals surface area contributed by atoms with Crippen LogP contribution in [0.3, 0.4) is 0 Å². The lowest BCUT2D eigenvalue weighted by Gasteiger charge is -2.19. The monoisotopic (exact) mass is 298 g/mol. The van der Waals surface area contributed by atoms with Crippen molar-refractivity contribution in [2.24, 2.45) is 23.7 Å². The van der Waals surface area contributed by atoms with Crippen molar-refractivity contribution < 1.29 is 24.6 Å². The van der Waals surface area contributed by atoms with Crippen LogP contribution in [-0.2, 0) is 9.59 Å². The minimum Gasteiger partial charge on any atom is -0.872 e. The van der Waals surface area contributed by atoms with Gasteiger partial charge in [-0.25, -0.2) is 9.69 Å². The van der Waals surface area contributed by atoms with Crippen LogP contribution in [0.4, 0.5) is 5.69 Å². The molecule has 2 amide bonds. The van der Waals surface area contributed by atoms with Gasteiger partial charge in [0.2, 0.25) is 11.8 Å². The van der Waals surface area contributed by atoms with Crippen LogP contribution in [0.5, 0.6) is 5.75 Å². The van der Waals surface area contributed by atoms with Crippen LogP contribution in [0.1, 0.15) is 16.8 Å². The number of carboxylic acid groups (broad SMARTS) is 1. The second-order valence-corrected chi connectivity index (χ2v) is 6.00. The molecule has 0 unspecified atom stereocenters. The maximum absolute atomic E-state index is 12.6. The number of benzene rings is 1. The average molecular weight is 298 g/mol. The number of hydrogen-bond acceptors (Lipinski definition) is 4. The number of imide groups is 1. The van der Waals surface area contributed by atoms with Gasteiger partial charge in [0.05, 0.1) is 23.1 Å². The summed E-state index contributed by atoms with van der Waals surface area (Å²) in [6, 6.07) is 3.53. The van der Waals surface area contributed by atoms with Crippen molar-refractivity contribution in [2.45, 2.75) is 6.42 Å². The van der Waals surface area contributed by atoms with Gasteiger partial charge in [-0.15, -0.1) is 0 Å². The van der Waals surface area contributed by atoms with Gasteiger partial charge in [-0.05, 0) is 30.4 Å². The van der Waals surface area contributed by atoms with E-state index >= 15 is 0 Å². The molecular formula is C16H12NO5-. The first kappa shape index (κ1) is 13.1. The maximum Gasteiger partial charge on any atom is 0.335 e. The number of aromatic carboxylic acids is 1. The van der Waals surface area contributed by atoms with Crippen LogP contribution in [0.25, 0.3) is 0 Å². The van der Waals surface area contributed by atoms with Crippen LogP contribution < -0.4 is 10.0 Å². The zero-order chi connectivity index (χ0) is 15.6. The third-order valence-electron chi connectivity index (χ3n) is 4.92. The average Bonchev–Trinajstić information content (AvgIpc) is 3.14. The molecule has 6 heteroatoms. The summed E-state index contributed by atoms with van der Waals surface area (Å²) >= 11 is 0. The number of carbonyl (C=O) groups excluding carboxylic acids is 2. The van der Waals surface area contributed by atoms with E-state index in [2.05, 4.69) is 0 Å². The van der Waals surface area contributed by atoms with Crippen molar-refractivity contribution in [3.63, 3.8) is 0 Å². The van der Waals surface area contributed by atoms with Gasteiger partial charge in [0.1, 0.15) is 0 Å². The molecule has 4 rings (SSSR count). The Morgan fingerprint density at radius 2 is 1.73 bits per heavy atom. The van der Waals surface area contributed by atoms with E-state index in [-0.39, 0.29) is 41.2 Å². The molecule has 1 aliphatic heterocycles. The molecule has 22 heavy (non-hydrogen) atoms. The van der Waals surface area contributed by atoms with Crippen LogP contribution in [-0.4, -0.2) is 22.9 Å². The molecule has 0 spiro atoms. The molecule has 2 aliphatic carbocycles. The molecule has 3 aliphatic rings. The number of rotatable bonds is 2. The number of carbonyl (C=O) groups is 3. The fourth-order valence-electron chi connectivity index (χ4n) is 3.98. The van der Waals surface area contributed by atoms with Gasteiger partial charge in [-0.3, -0.25) is 9.59 Å².